The molecule has 1 amide bonds. The minimum absolute atomic E-state index is 0.0235. The highest BCUT2D eigenvalue weighted by Crippen LogP contribution is 2.47. The molecule has 0 spiro atoms. The van der Waals surface area contributed by atoms with Gasteiger partial charge in [-0.15, -0.1) is 10.2 Å². The van der Waals surface area contributed by atoms with Gasteiger partial charge >= 0.3 is 6.18 Å². The minimum atomic E-state index is -4.63. The van der Waals surface area contributed by atoms with Crippen molar-refractivity contribution in [2.24, 2.45) is 17.8 Å². The Hall–Kier alpha value is -1.58. The molecule has 0 aromatic carbocycles. The third-order valence-electron chi connectivity index (χ3n) is 6.94. The summed E-state index contributed by atoms with van der Waals surface area (Å²) in [6, 6.07) is 3.05. The number of fused-ring (bicyclic) bond motifs is 2. The van der Waals surface area contributed by atoms with Crippen molar-refractivity contribution >= 4 is 34.8 Å². The number of carbonyl (C=O) groups excluding carboxylic acids is 1. The van der Waals surface area contributed by atoms with Gasteiger partial charge in [-0.2, -0.15) is 13.2 Å². The van der Waals surface area contributed by atoms with Gasteiger partial charge in [0.15, 0.2) is 11.8 Å². The van der Waals surface area contributed by atoms with Crippen LogP contribution in [0.2, 0.25) is 10.3 Å². The third kappa shape index (κ3) is 4.12. The molecule has 0 radical (unpaired) electrons. The van der Waals surface area contributed by atoms with Crippen molar-refractivity contribution < 1.29 is 23.1 Å². The predicted octanol–water partition coefficient (Wildman–Crippen LogP) is 4.16. The summed E-state index contributed by atoms with van der Waals surface area (Å²) in [7, 11) is 0. The molecule has 6 nitrogen and oxygen atoms in total. The quantitative estimate of drug-likeness (QED) is 0.718. The monoisotopic (exact) mass is 478 g/mol. The van der Waals surface area contributed by atoms with Crippen LogP contribution in [0.1, 0.15) is 38.3 Å². The molecule has 5 atom stereocenters. The maximum Gasteiger partial charge on any atom is 0.414 e. The van der Waals surface area contributed by atoms with Crippen molar-refractivity contribution in [3.63, 3.8) is 0 Å². The number of rotatable bonds is 3. The molecule has 1 unspecified atom stereocenters. The number of aliphatic hydroxyl groups is 1. The fourth-order valence-electron chi connectivity index (χ4n) is 5.46. The van der Waals surface area contributed by atoms with E-state index < -0.39 is 18.2 Å². The van der Waals surface area contributed by atoms with E-state index in [1.165, 1.54) is 4.40 Å². The Labute approximate surface area is 187 Å². The van der Waals surface area contributed by atoms with Crippen LogP contribution in [0.15, 0.2) is 12.1 Å². The zero-order valence-electron chi connectivity index (χ0n) is 16.8. The molecule has 4 rings (SSSR count). The summed E-state index contributed by atoms with van der Waals surface area (Å²) in [4.78, 5) is 14.9. The van der Waals surface area contributed by atoms with Gasteiger partial charge in [-0.3, -0.25) is 9.20 Å². The predicted molar refractivity (Wildman–Crippen MR) is 109 cm³/mol. The van der Waals surface area contributed by atoms with Crippen LogP contribution in [-0.4, -0.2) is 55.4 Å². The van der Waals surface area contributed by atoms with Crippen molar-refractivity contribution in [2.75, 3.05) is 6.54 Å². The summed E-state index contributed by atoms with van der Waals surface area (Å²) in [5.74, 6) is -1.34. The number of aromatic nitrogens is 3. The van der Waals surface area contributed by atoms with Crippen molar-refractivity contribution in [3.05, 3.63) is 28.1 Å². The molecule has 2 aliphatic rings. The van der Waals surface area contributed by atoms with E-state index in [2.05, 4.69) is 10.2 Å². The molecule has 2 fully saturated rings. The smallest absolute Gasteiger partial charge is 0.383 e. The van der Waals surface area contributed by atoms with Gasteiger partial charge in [0, 0.05) is 12.6 Å². The van der Waals surface area contributed by atoms with Crippen molar-refractivity contribution in [1.82, 2.24) is 19.5 Å². The first-order valence-corrected chi connectivity index (χ1v) is 11.1. The Morgan fingerprint density at radius 1 is 1.23 bits per heavy atom. The number of piperidine rings is 1. The first-order chi connectivity index (χ1) is 14.6. The first kappa shape index (κ1) is 22.6. The molecule has 31 heavy (non-hydrogen) atoms. The number of halogens is 5. The van der Waals surface area contributed by atoms with Gasteiger partial charge in [0.05, 0.1) is 17.1 Å². The highest BCUT2D eigenvalue weighted by molar-refractivity contribution is 6.32. The van der Waals surface area contributed by atoms with E-state index in [0.29, 0.717) is 42.2 Å². The Morgan fingerprint density at radius 3 is 2.68 bits per heavy atom. The maximum atomic E-state index is 13.2. The number of hydrogen-bond acceptors (Lipinski definition) is 4. The number of nitrogens with zero attached hydrogens (tertiary/aromatic N) is 4. The van der Waals surface area contributed by atoms with Gasteiger partial charge in [0.2, 0.25) is 11.2 Å². The largest absolute Gasteiger partial charge is 0.414 e. The van der Waals surface area contributed by atoms with Gasteiger partial charge in [-0.1, -0.05) is 18.0 Å². The summed E-state index contributed by atoms with van der Waals surface area (Å²) in [6.45, 7) is 2.22. The zero-order chi connectivity index (χ0) is 22.5. The van der Waals surface area contributed by atoms with E-state index in [1.54, 1.807) is 17.0 Å². The van der Waals surface area contributed by atoms with E-state index in [1.807, 2.05) is 6.92 Å². The third-order valence-corrected chi connectivity index (χ3v) is 7.53. The average molecular weight is 479 g/mol. The SMILES string of the molecule is C[C@H]1[C@H]2CCC[C@@H](C(O)C(F)(F)F)[C@@H]2CCN1C(=O)Cc1c(Cl)ccc2nnc(Cl)n12. The molecule has 3 heterocycles. The Balaban J connectivity index is 1.53. The Kier molecular flexibility index (Phi) is 6.13. The van der Waals surface area contributed by atoms with Crippen LogP contribution >= 0.6 is 23.2 Å². The second-order valence-corrected chi connectivity index (χ2v) is 9.24. The van der Waals surface area contributed by atoms with Gasteiger partial charge in [-0.05, 0) is 67.7 Å². The fraction of sp³-hybridized carbons (Fsp3) is 0.650. The Bertz CT molecular complexity index is 983. The van der Waals surface area contributed by atoms with E-state index in [0.717, 1.165) is 6.42 Å². The van der Waals surface area contributed by atoms with Crippen molar-refractivity contribution in [2.45, 2.75) is 57.3 Å². The minimum Gasteiger partial charge on any atom is -0.383 e. The zero-order valence-corrected chi connectivity index (χ0v) is 18.3. The fourth-order valence-corrected chi connectivity index (χ4v) is 5.91. The summed E-state index contributed by atoms with van der Waals surface area (Å²) < 4.78 is 41.0. The molecular weight excluding hydrogens is 456 g/mol. The van der Waals surface area contributed by atoms with Gasteiger partial charge in [0.25, 0.3) is 0 Å². The molecule has 2 aromatic heterocycles. The number of aliphatic hydroxyl groups excluding tert-OH is 1. The van der Waals surface area contributed by atoms with Crippen LogP contribution in [0.4, 0.5) is 13.2 Å². The van der Waals surface area contributed by atoms with Gasteiger partial charge in [-0.25, -0.2) is 0 Å². The number of likely N-dealkylation sites (tertiary alicyclic amines) is 1. The molecule has 0 bridgehead atoms. The summed E-state index contributed by atoms with van der Waals surface area (Å²) in [5, 5.41) is 18.1. The molecule has 2 aromatic rings. The van der Waals surface area contributed by atoms with Crippen LogP contribution < -0.4 is 0 Å². The second kappa shape index (κ2) is 8.41. The maximum absolute atomic E-state index is 13.2. The first-order valence-electron chi connectivity index (χ1n) is 10.3. The van der Waals surface area contributed by atoms with E-state index in [4.69, 9.17) is 23.2 Å². The molecule has 1 N–H and O–H groups in total. The molecule has 1 saturated heterocycles. The van der Waals surface area contributed by atoms with E-state index in [-0.39, 0.29) is 35.5 Å². The molecular formula is C20H23Cl2F3N4O2. The van der Waals surface area contributed by atoms with Crippen molar-refractivity contribution in [3.8, 4) is 0 Å². The summed E-state index contributed by atoms with van der Waals surface area (Å²) >= 11 is 12.4. The normalized spacial score (nSPS) is 27.9. The van der Waals surface area contributed by atoms with Crippen molar-refractivity contribution in [1.29, 1.82) is 0 Å². The van der Waals surface area contributed by atoms with Crippen LogP contribution in [-0.2, 0) is 11.2 Å². The lowest BCUT2D eigenvalue weighted by Crippen LogP contribution is -2.55. The number of pyridine rings is 1. The van der Waals surface area contributed by atoms with Crippen LogP contribution in [0.25, 0.3) is 5.65 Å². The van der Waals surface area contributed by atoms with Crippen LogP contribution in [0.5, 0.6) is 0 Å². The summed E-state index contributed by atoms with van der Waals surface area (Å²) in [5.41, 5.74) is 0.947. The molecule has 11 heteroatoms. The summed E-state index contributed by atoms with van der Waals surface area (Å²) in [6.07, 6.45) is -4.84. The number of amides is 1. The van der Waals surface area contributed by atoms with Gasteiger partial charge in [0.1, 0.15) is 0 Å². The average Bonchev–Trinajstić information content (AvgIpc) is 3.09. The van der Waals surface area contributed by atoms with Gasteiger partial charge < -0.3 is 10.0 Å². The van der Waals surface area contributed by atoms with Crippen LogP contribution in [0, 0.1) is 17.8 Å². The number of hydrogen-bond donors (Lipinski definition) is 1. The number of alkyl halides is 3. The lowest BCUT2D eigenvalue weighted by molar-refractivity contribution is -0.233. The molecule has 1 aliphatic carbocycles. The van der Waals surface area contributed by atoms with Crippen LogP contribution in [0.3, 0.4) is 0 Å². The lowest BCUT2D eigenvalue weighted by atomic mass is 9.64. The van der Waals surface area contributed by atoms with E-state index >= 15 is 0 Å². The molecule has 1 aliphatic heterocycles. The lowest BCUT2D eigenvalue weighted by Gasteiger charge is -2.50. The highest BCUT2D eigenvalue weighted by Gasteiger charge is 2.51. The Morgan fingerprint density at radius 2 is 1.97 bits per heavy atom. The molecule has 1 saturated carbocycles. The standard InChI is InChI=1S/C20H23Cl2F3N4O2/c1-10-11-3-2-4-13(18(31)20(23,24)25)12(11)7-8-28(10)17(30)9-15-14(21)5-6-16-26-27-19(22)29(15)16/h5-6,10-13,18,31H,2-4,7-9H2,1H3/t10-,11+,12+,13+,18?/m0/s1. The topological polar surface area (TPSA) is 70.7 Å². The highest BCUT2D eigenvalue weighted by atomic mass is 35.5. The second-order valence-electron chi connectivity index (χ2n) is 8.49. The van der Waals surface area contributed by atoms with E-state index in [9.17, 15) is 23.1 Å². The molecule has 170 valence electrons. The number of carbonyl (C=O) groups is 1.